The van der Waals surface area contributed by atoms with Crippen LogP contribution in [-0.2, 0) is 10.5 Å². The Morgan fingerprint density at radius 1 is 1.29 bits per heavy atom. The minimum atomic E-state index is -0.326. The number of benzene rings is 1. The summed E-state index contributed by atoms with van der Waals surface area (Å²) in [6.45, 7) is 0. The minimum absolute atomic E-state index is 0.244. The van der Waals surface area contributed by atoms with E-state index in [0.717, 1.165) is 0 Å². The molecule has 122 valence electrons. The molecule has 0 spiro atoms. The predicted molar refractivity (Wildman–Crippen MR) is 92.2 cm³/mol. The molecule has 3 aromatic rings. The highest BCUT2D eigenvalue weighted by atomic mass is 32.2. The van der Waals surface area contributed by atoms with E-state index in [1.807, 2.05) is 0 Å². The quantitative estimate of drug-likeness (QED) is 0.405. The van der Waals surface area contributed by atoms with Gasteiger partial charge in [0.2, 0.25) is 11.0 Å². The molecule has 0 saturated carbocycles. The predicted octanol–water partition coefficient (Wildman–Crippen LogP) is 4.21. The van der Waals surface area contributed by atoms with E-state index in [2.05, 4.69) is 15.5 Å². The second kappa shape index (κ2) is 7.89. The Hall–Kier alpha value is -2.45. The number of amides is 1. The van der Waals surface area contributed by atoms with Crippen LogP contribution in [-0.4, -0.2) is 16.1 Å². The molecule has 1 amide bonds. The van der Waals surface area contributed by atoms with Gasteiger partial charge in [0, 0.05) is 11.8 Å². The Kier molecular flexibility index (Phi) is 5.39. The topological polar surface area (TPSA) is 68.0 Å². The zero-order chi connectivity index (χ0) is 16.8. The Morgan fingerprint density at radius 2 is 2.17 bits per heavy atom. The molecule has 0 radical (unpaired) electrons. The lowest BCUT2D eigenvalue weighted by Crippen LogP contribution is -2.07. The lowest BCUT2D eigenvalue weighted by molar-refractivity contribution is -0.111. The SMILES string of the molecule is O=C(/C=C/c1ccco1)Nc1nnc(SCc2ccccc2F)s1. The van der Waals surface area contributed by atoms with Gasteiger partial charge in [0.05, 0.1) is 6.26 Å². The highest BCUT2D eigenvalue weighted by Crippen LogP contribution is 2.28. The fraction of sp³-hybridized carbons (Fsp3) is 0.0625. The smallest absolute Gasteiger partial charge is 0.250 e. The number of aromatic nitrogens is 2. The molecule has 0 aliphatic heterocycles. The van der Waals surface area contributed by atoms with Gasteiger partial charge in [-0.05, 0) is 29.8 Å². The van der Waals surface area contributed by atoms with E-state index in [1.54, 1.807) is 36.4 Å². The number of rotatable bonds is 6. The van der Waals surface area contributed by atoms with E-state index in [9.17, 15) is 9.18 Å². The summed E-state index contributed by atoms with van der Waals surface area (Å²) < 4.78 is 19.3. The molecule has 24 heavy (non-hydrogen) atoms. The summed E-state index contributed by atoms with van der Waals surface area (Å²) in [7, 11) is 0. The number of carbonyl (C=O) groups excluding carboxylic acids is 1. The van der Waals surface area contributed by atoms with Crippen LogP contribution in [0.15, 0.2) is 57.5 Å². The highest BCUT2D eigenvalue weighted by Gasteiger charge is 2.08. The fourth-order valence-corrected chi connectivity index (χ4v) is 3.51. The summed E-state index contributed by atoms with van der Waals surface area (Å²) in [5, 5.41) is 10.9. The molecule has 1 N–H and O–H groups in total. The van der Waals surface area contributed by atoms with Crippen LogP contribution in [0.25, 0.3) is 6.08 Å². The Balaban J connectivity index is 1.53. The zero-order valence-corrected chi connectivity index (χ0v) is 13.9. The first kappa shape index (κ1) is 16.4. The molecule has 0 unspecified atom stereocenters. The first-order valence-corrected chi connectivity index (χ1v) is 8.73. The van der Waals surface area contributed by atoms with Crippen molar-refractivity contribution >= 4 is 40.2 Å². The molecule has 8 heteroatoms. The van der Waals surface area contributed by atoms with Crippen LogP contribution in [0.4, 0.5) is 9.52 Å². The molecular weight excluding hydrogens is 349 g/mol. The monoisotopic (exact) mass is 361 g/mol. The normalized spacial score (nSPS) is 11.0. The Morgan fingerprint density at radius 3 is 2.96 bits per heavy atom. The first-order chi connectivity index (χ1) is 11.7. The number of nitrogens with one attached hydrogen (secondary N) is 1. The molecule has 0 aliphatic rings. The molecule has 0 atom stereocenters. The van der Waals surface area contributed by atoms with Gasteiger partial charge in [0.25, 0.3) is 0 Å². The molecule has 2 heterocycles. The maximum Gasteiger partial charge on any atom is 0.250 e. The highest BCUT2D eigenvalue weighted by molar-refractivity contribution is 8.00. The molecule has 2 aromatic heterocycles. The van der Waals surface area contributed by atoms with E-state index >= 15 is 0 Å². The van der Waals surface area contributed by atoms with Crippen LogP contribution in [0, 0.1) is 5.82 Å². The summed E-state index contributed by atoms with van der Waals surface area (Å²) in [5.74, 6) is 0.469. The number of thioether (sulfide) groups is 1. The second-order valence-corrected chi connectivity index (χ2v) is 6.79. The standard InChI is InChI=1S/C16H12FN3O2S2/c17-13-6-2-1-4-11(13)10-23-16-20-19-15(24-16)18-14(21)8-7-12-5-3-9-22-12/h1-9H,10H2,(H,18,19,21)/b8-7+. The van der Waals surface area contributed by atoms with Crippen LogP contribution in [0.3, 0.4) is 0 Å². The van der Waals surface area contributed by atoms with E-state index in [-0.39, 0.29) is 11.7 Å². The van der Waals surface area contributed by atoms with Crippen molar-refractivity contribution in [2.24, 2.45) is 0 Å². The maximum atomic E-state index is 13.6. The summed E-state index contributed by atoms with van der Waals surface area (Å²) in [5.41, 5.74) is 0.602. The van der Waals surface area contributed by atoms with Crippen LogP contribution in [0.1, 0.15) is 11.3 Å². The van der Waals surface area contributed by atoms with E-state index in [1.165, 1.54) is 41.5 Å². The molecule has 0 aliphatic carbocycles. The number of furan rings is 1. The third-order valence-corrected chi connectivity index (χ3v) is 4.91. The van der Waals surface area contributed by atoms with Crippen molar-refractivity contribution in [3.63, 3.8) is 0 Å². The van der Waals surface area contributed by atoms with Crippen LogP contribution >= 0.6 is 23.1 Å². The van der Waals surface area contributed by atoms with Crippen molar-refractivity contribution in [1.29, 1.82) is 0 Å². The van der Waals surface area contributed by atoms with Gasteiger partial charge < -0.3 is 4.42 Å². The van der Waals surface area contributed by atoms with Gasteiger partial charge in [0.15, 0.2) is 4.34 Å². The number of anilines is 1. The molecule has 0 fully saturated rings. The van der Waals surface area contributed by atoms with Gasteiger partial charge in [-0.25, -0.2) is 4.39 Å². The van der Waals surface area contributed by atoms with Crippen molar-refractivity contribution in [2.75, 3.05) is 5.32 Å². The van der Waals surface area contributed by atoms with Gasteiger partial charge in [-0.1, -0.05) is 41.3 Å². The lowest BCUT2D eigenvalue weighted by atomic mass is 10.2. The average Bonchev–Trinajstić information content (AvgIpc) is 3.24. The van der Waals surface area contributed by atoms with E-state index in [4.69, 9.17) is 4.42 Å². The van der Waals surface area contributed by atoms with Crippen molar-refractivity contribution < 1.29 is 13.6 Å². The number of carbonyl (C=O) groups is 1. The summed E-state index contributed by atoms with van der Waals surface area (Å²) >= 11 is 2.61. The van der Waals surface area contributed by atoms with Crippen molar-refractivity contribution in [3.8, 4) is 0 Å². The molecule has 1 aromatic carbocycles. The maximum absolute atomic E-state index is 13.6. The third-order valence-electron chi connectivity index (χ3n) is 2.89. The van der Waals surface area contributed by atoms with Gasteiger partial charge in [-0.2, -0.15) is 0 Å². The lowest BCUT2D eigenvalue weighted by Gasteiger charge is -1.99. The summed E-state index contributed by atoms with van der Waals surface area (Å²) in [6.07, 6.45) is 4.44. The van der Waals surface area contributed by atoms with Crippen molar-refractivity contribution in [1.82, 2.24) is 10.2 Å². The number of halogens is 1. The van der Waals surface area contributed by atoms with Gasteiger partial charge in [-0.3, -0.25) is 10.1 Å². The van der Waals surface area contributed by atoms with Gasteiger partial charge in [0.1, 0.15) is 11.6 Å². The summed E-state index contributed by atoms with van der Waals surface area (Å²) in [6, 6.07) is 10.1. The van der Waals surface area contributed by atoms with Crippen molar-refractivity contribution in [2.45, 2.75) is 10.1 Å². The van der Waals surface area contributed by atoms with E-state index in [0.29, 0.717) is 26.5 Å². The fourth-order valence-electron chi connectivity index (χ4n) is 1.76. The molecule has 0 saturated heterocycles. The first-order valence-electron chi connectivity index (χ1n) is 6.93. The Bertz CT molecular complexity index is 847. The van der Waals surface area contributed by atoms with Crippen LogP contribution in [0.5, 0.6) is 0 Å². The zero-order valence-electron chi connectivity index (χ0n) is 12.3. The Labute approximate surface area is 145 Å². The number of nitrogens with zero attached hydrogens (tertiary/aromatic N) is 2. The average molecular weight is 361 g/mol. The number of hydrogen-bond acceptors (Lipinski definition) is 6. The number of hydrogen-bond donors (Lipinski definition) is 1. The van der Waals surface area contributed by atoms with Gasteiger partial charge in [-0.15, -0.1) is 10.2 Å². The third kappa shape index (κ3) is 4.53. The second-order valence-electron chi connectivity index (χ2n) is 4.59. The van der Waals surface area contributed by atoms with Crippen molar-refractivity contribution in [3.05, 3.63) is 65.9 Å². The largest absolute Gasteiger partial charge is 0.465 e. The van der Waals surface area contributed by atoms with Crippen LogP contribution in [0.2, 0.25) is 0 Å². The minimum Gasteiger partial charge on any atom is -0.465 e. The van der Waals surface area contributed by atoms with E-state index < -0.39 is 0 Å². The molecule has 5 nitrogen and oxygen atoms in total. The molecule has 0 bridgehead atoms. The van der Waals surface area contributed by atoms with Gasteiger partial charge >= 0.3 is 0 Å². The molecular formula is C16H12FN3O2S2. The molecule has 3 rings (SSSR count). The van der Waals surface area contributed by atoms with Crippen LogP contribution < -0.4 is 5.32 Å². The summed E-state index contributed by atoms with van der Waals surface area (Å²) in [4.78, 5) is 11.8.